The van der Waals surface area contributed by atoms with Crippen molar-refractivity contribution in [2.75, 3.05) is 16.8 Å². The van der Waals surface area contributed by atoms with Crippen LogP contribution in [0.15, 0.2) is 36.5 Å². The molecular formula is C21H22ClN3O4. The Morgan fingerprint density at radius 2 is 2.03 bits per heavy atom. The van der Waals surface area contributed by atoms with Crippen LogP contribution in [-0.4, -0.2) is 35.4 Å². The molecule has 1 aromatic carbocycles. The monoisotopic (exact) mass is 415 g/mol. The van der Waals surface area contributed by atoms with Gasteiger partial charge in [-0.15, -0.1) is 0 Å². The first-order valence-corrected chi connectivity index (χ1v) is 9.63. The largest absolute Gasteiger partial charge is 0.452 e. The molecule has 0 saturated carbocycles. The lowest BCUT2D eigenvalue weighted by atomic mass is 10.1. The summed E-state index contributed by atoms with van der Waals surface area (Å²) in [6.45, 7) is 5.62. The first-order valence-electron chi connectivity index (χ1n) is 9.25. The van der Waals surface area contributed by atoms with E-state index in [0.717, 1.165) is 16.8 Å². The van der Waals surface area contributed by atoms with Crippen molar-refractivity contribution in [3.05, 3.63) is 52.7 Å². The summed E-state index contributed by atoms with van der Waals surface area (Å²) >= 11 is 5.76. The Kier molecular flexibility index (Phi) is 6.17. The molecule has 1 aliphatic heterocycles. The molecule has 3 rings (SSSR count). The molecule has 1 fully saturated rings. The molecule has 2 heterocycles. The highest BCUT2D eigenvalue weighted by atomic mass is 35.5. The van der Waals surface area contributed by atoms with Crippen molar-refractivity contribution >= 4 is 40.9 Å². The number of hydrogen-bond acceptors (Lipinski definition) is 5. The van der Waals surface area contributed by atoms with Crippen LogP contribution in [0.5, 0.6) is 0 Å². The fraction of sp³-hybridized carbons (Fsp3) is 0.333. The third kappa shape index (κ3) is 4.74. The molecule has 1 aliphatic rings. The summed E-state index contributed by atoms with van der Waals surface area (Å²) in [5.74, 6) is -1.53. The topological polar surface area (TPSA) is 88.6 Å². The minimum absolute atomic E-state index is 0.0549. The summed E-state index contributed by atoms with van der Waals surface area (Å²) < 4.78 is 5.29. The van der Waals surface area contributed by atoms with Crippen LogP contribution in [-0.2, 0) is 19.1 Å². The molecule has 1 aromatic heterocycles. The highest BCUT2D eigenvalue weighted by molar-refractivity contribution is 6.30. The first-order chi connectivity index (χ1) is 13.8. The van der Waals surface area contributed by atoms with E-state index in [1.165, 1.54) is 13.1 Å². The first kappa shape index (κ1) is 20.8. The number of aromatic nitrogens is 1. The zero-order chi connectivity index (χ0) is 21.1. The number of aryl methyl sites for hydroxylation is 1. The van der Waals surface area contributed by atoms with Crippen LogP contribution in [0.3, 0.4) is 0 Å². The Morgan fingerprint density at radius 3 is 2.72 bits per heavy atom. The average molecular weight is 416 g/mol. The lowest BCUT2D eigenvalue weighted by Crippen LogP contribution is -2.33. The molecule has 152 valence electrons. The van der Waals surface area contributed by atoms with E-state index in [4.69, 9.17) is 16.3 Å². The van der Waals surface area contributed by atoms with E-state index in [2.05, 4.69) is 10.3 Å². The van der Waals surface area contributed by atoms with Gasteiger partial charge in [-0.1, -0.05) is 23.7 Å². The van der Waals surface area contributed by atoms with Crippen LogP contribution < -0.4 is 10.2 Å². The van der Waals surface area contributed by atoms with Crippen molar-refractivity contribution < 1.29 is 19.1 Å². The van der Waals surface area contributed by atoms with Gasteiger partial charge in [-0.25, -0.2) is 4.98 Å². The highest BCUT2D eigenvalue weighted by Gasteiger charge is 2.37. The van der Waals surface area contributed by atoms with Gasteiger partial charge < -0.3 is 15.0 Å². The Labute approximate surface area is 174 Å². The van der Waals surface area contributed by atoms with Crippen molar-refractivity contribution in [1.29, 1.82) is 0 Å². The third-order valence-electron chi connectivity index (χ3n) is 4.97. The molecule has 1 N–H and O–H groups in total. The van der Waals surface area contributed by atoms with E-state index < -0.39 is 23.9 Å². The highest BCUT2D eigenvalue weighted by Crippen LogP contribution is 2.30. The van der Waals surface area contributed by atoms with Crippen molar-refractivity contribution in [2.24, 2.45) is 5.92 Å². The molecule has 2 aromatic rings. The van der Waals surface area contributed by atoms with Gasteiger partial charge in [0.2, 0.25) is 5.91 Å². The van der Waals surface area contributed by atoms with Gasteiger partial charge in [0.05, 0.1) is 10.9 Å². The maximum Gasteiger partial charge on any atom is 0.312 e. The zero-order valence-electron chi connectivity index (χ0n) is 16.4. The SMILES string of the molecule is Cc1cccc(N2C[C@@H](C(=O)O[C@@H](C)C(=O)Nc3ccc(Cl)cn3)CC2=O)c1C. The molecular weight excluding hydrogens is 394 g/mol. The molecule has 2 atom stereocenters. The Balaban J connectivity index is 1.60. The number of benzene rings is 1. The average Bonchev–Trinajstić information content (AvgIpc) is 3.07. The Morgan fingerprint density at radius 1 is 1.28 bits per heavy atom. The van der Waals surface area contributed by atoms with Gasteiger partial charge in [-0.2, -0.15) is 0 Å². The quantitative estimate of drug-likeness (QED) is 0.757. The fourth-order valence-electron chi connectivity index (χ4n) is 3.13. The summed E-state index contributed by atoms with van der Waals surface area (Å²) in [4.78, 5) is 42.8. The molecule has 8 heteroatoms. The van der Waals surface area contributed by atoms with Gasteiger partial charge in [0, 0.05) is 24.8 Å². The number of amides is 2. The minimum Gasteiger partial charge on any atom is -0.452 e. The molecule has 0 aliphatic carbocycles. The minimum atomic E-state index is -1.02. The molecule has 2 amide bonds. The number of carbonyl (C=O) groups excluding carboxylic acids is 3. The third-order valence-corrected chi connectivity index (χ3v) is 5.19. The number of nitrogens with zero attached hydrogens (tertiary/aromatic N) is 2. The Bertz CT molecular complexity index is 945. The van der Waals surface area contributed by atoms with Gasteiger partial charge in [0.15, 0.2) is 6.10 Å². The number of halogens is 1. The number of hydrogen-bond donors (Lipinski definition) is 1. The zero-order valence-corrected chi connectivity index (χ0v) is 17.2. The van der Waals surface area contributed by atoms with Gasteiger partial charge in [-0.3, -0.25) is 14.4 Å². The van der Waals surface area contributed by atoms with E-state index in [1.54, 1.807) is 17.0 Å². The van der Waals surface area contributed by atoms with Crippen LogP contribution in [0.4, 0.5) is 11.5 Å². The summed E-state index contributed by atoms with van der Waals surface area (Å²) in [6, 6.07) is 8.86. The van der Waals surface area contributed by atoms with Crippen molar-refractivity contribution in [3.63, 3.8) is 0 Å². The van der Waals surface area contributed by atoms with Crippen molar-refractivity contribution in [2.45, 2.75) is 33.3 Å². The van der Waals surface area contributed by atoms with Crippen molar-refractivity contribution in [3.8, 4) is 0 Å². The summed E-state index contributed by atoms with van der Waals surface area (Å²) in [7, 11) is 0. The number of anilines is 2. The van der Waals surface area contributed by atoms with E-state index in [-0.39, 0.29) is 18.9 Å². The number of nitrogens with one attached hydrogen (secondary N) is 1. The smallest absolute Gasteiger partial charge is 0.312 e. The maximum absolute atomic E-state index is 12.5. The van der Waals surface area contributed by atoms with Crippen LogP contribution in [0, 0.1) is 19.8 Å². The van der Waals surface area contributed by atoms with Gasteiger partial charge >= 0.3 is 5.97 Å². The lowest BCUT2D eigenvalue weighted by molar-refractivity contribution is -0.157. The lowest BCUT2D eigenvalue weighted by Gasteiger charge is -2.20. The number of pyridine rings is 1. The second kappa shape index (κ2) is 8.61. The number of rotatable bonds is 5. The normalized spacial score (nSPS) is 17.2. The van der Waals surface area contributed by atoms with Crippen LogP contribution in [0.1, 0.15) is 24.5 Å². The van der Waals surface area contributed by atoms with Crippen LogP contribution in [0.25, 0.3) is 0 Å². The Hall–Kier alpha value is -2.93. The van der Waals surface area contributed by atoms with Crippen molar-refractivity contribution in [1.82, 2.24) is 4.98 Å². The molecule has 0 spiro atoms. The standard InChI is InChI=1S/C21H22ClN3O4/c1-12-5-4-6-17(13(12)2)25-11-15(9-19(25)26)21(28)29-14(3)20(27)24-18-8-7-16(22)10-23-18/h4-8,10,14-15H,9,11H2,1-3H3,(H,23,24,27)/t14-,15-/m0/s1. The molecule has 0 radical (unpaired) electrons. The van der Waals surface area contributed by atoms with E-state index >= 15 is 0 Å². The number of esters is 1. The second-order valence-electron chi connectivity index (χ2n) is 7.05. The summed E-state index contributed by atoms with van der Waals surface area (Å²) in [5, 5.41) is 3.00. The van der Waals surface area contributed by atoms with Gasteiger partial charge in [-0.05, 0) is 50.1 Å². The fourth-order valence-corrected chi connectivity index (χ4v) is 3.24. The molecule has 0 unspecified atom stereocenters. The van der Waals surface area contributed by atoms with E-state index in [9.17, 15) is 14.4 Å². The molecule has 0 bridgehead atoms. The maximum atomic E-state index is 12.5. The predicted octanol–water partition coefficient (Wildman–Crippen LogP) is 3.28. The number of ether oxygens (including phenoxy) is 1. The molecule has 7 nitrogen and oxygen atoms in total. The number of carbonyl (C=O) groups is 3. The van der Waals surface area contributed by atoms with Gasteiger partial charge in [0.25, 0.3) is 5.91 Å². The predicted molar refractivity (Wildman–Crippen MR) is 110 cm³/mol. The second-order valence-corrected chi connectivity index (χ2v) is 7.49. The molecule has 1 saturated heterocycles. The summed E-state index contributed by atoms with van der Waals surface area (Å²) in [5.41, 5.74) is 2.87. The van der Waals surface area contributed by atoms with E-state index in [0.29, 0.717) is 10.8 Å². The van der Waals surface area contributed by atoms with Gasteiger partial charge in [0.1, 0.15) is 5.82 Å². The van der Waals surface area contributed by atoms with Crippen LogP contribution in [0.2, 0.25) is 5.02 Å². The van der Waals surface area contributed by atoms with E-state index in [1.807, 2.05) is 32.0 Å². The van der Waals surface area contributed by atoms with Crippen LogP contribution >= 0.6 is 11.6 Å². The molecule has 29 heavy (non-hydrogen) atoms. The summed E-state index contributed by atoms with van der Waals surface area (Å²) in [6.07, 6.45) is 0.434.